The van der Waals surface area contributed by atoms with Crippen LogP contribution in [-0.2, 0) is 13.5 Å². The summed E-state index contributed by atoms with van der Waals surface area (Å²) in [5, 5.41) is 9.21. The summed E-state index contributed by atoms with van der Waals surface area (Å²) in [5.41, 5.74) is 1.49. The van der Waals surface area contributed by atoms with Crippen LogP contribution < -0.4 is 5.32 Å². The summed E-state index contributed by atoms with van der Waals surface area (Å²) in [6.07, 6.45) is 9.70. The molecule has 1 saturated carbocycles. The Labute approximate surface area is 119 Å². The minimum atomic E-state index is 0.368. The topological polar surface area (TPSA) is 42.2 Å². The molecule has 0 atom stereocenters. The lowest BCUT2D eigenvalue weighted by atomic mass is 9.83. The van der Waals surface area contributed by atoms with Gasteiger partial charge in [0.25, 0.3) is 0 Å². The molecule has 1 spiro atoms. The molecule has 104 valence electrons. The van der Waals surface area contributed by atoms with Crippen molar-refractivity contribution in [3.63, 3.8) is 0 Å². The molecular weight excluding hydrogens is 256 g/mol. The molecule has 0 bridgehead atoms. The largest absolute Gasteiger partial charge is 0.359 e. The molecule has 19 heavy (non-hydrogen) atoms. The van der Waals surface area contributed by atoms with Crippen LogP contribution in [0.4, 0.5) is 0 Å². The molecule has 0 aromatic carbocycles. The number of nitrogens with one attached hydrogen (secondary N) is 1. The molecule has 5 heteroatoms. The average molecular weight is 278 g/mol. The lowest BCUT2D eigenvalue weighted by Gasteiger charge is -2.32. The molecule has 0 unspecified atom stereocenters. The third-order valence-corrected chi connectivity index (χ3v) is 5.26. The summed E-state index contributed by atoms with van der Waals surface area (Å²) in [6, 6.07) is 2.07. The second kappa shape index (κ2) is 5.57. The van der Waals surface area contributed by atoms with E-state index >= 15 is 0 Å². The van der Waals surface area contributed by atoms with Crippen LogP contribution in [0.5, 0.6) is 0 Å². The van der Waals surface area contributed by atoms with Gasteiger partial charge >= 0.3 is 0 Å². The van der Waals surface area contributed by atoms with Gasteiger partial charge in [0.2, 0.25) is 0 Å². The fraction of sp³-hybridized carbons (Fsp3) is 0.714. The normalized spacial score (nSPS) is 23.9. The van der Waals surface area contributed by atoms with Crippen LogP contribution in [0, 0.1) is 0 Å². The van der Waals surface area contributed by atoms with Crippen molar-refractivity contribution in [2.45, 2.75) is 44.1 Å². The summed E-state index contributed by atoms with van der Waals surface area (Å²) in [4.78, 5) is 4.70. The van der Waals surface area contributed by atoms with Crippen molar-refractivity contribution < 1.29 is 0 Å². The van der Waals surface area contributed by atoms with Gasteiger partial charge in [-0.3, -0.25) is 9.67 Å². The van der Waals surface area contributed by atoms with E-state index in [0.717, 1.165) is 23.8 Å². The highest BCUT2D eigenvalue weighted by Crippen LogP contribution is 2.36. The number of rotatable bonds is 3. The Balaban J connectivity index is 1.51. The Morgan fingerprint density at radius 3 is 3.00 bits per heavy atom. The Kier molecular flexibility index (Phi) is 3.82. The molecule has 2 aliphatic rings. The molecule has 1 aromatic rings. The lowest BCUT2D eigenvalue weighted by Crippen LogP contribution is -2.45. The number of thioether (sulfide) groups is 1. The fourth-order valence-corrected chi connectivity index (χ4v) is 4.20. The van der Waals surface area contributed by atoms with E-state index in [1.807, 2.05) is 29.7 Å². The molecule has 1 aliphatic heterocycles. The number of aryl methyl sites for hydroxylation is 1. The van der Waals surface area contributed by atoms with Gasteiger partial charge in [0.1, 0.15) is 0 Å². The number of nitrogens with zero attached hydrogens (tertiary/aromatic N) is 3. The smallest absolute Gasteiger partial charge is 0.157 e. The third-order valence-electron chi connectivity index (χ3n) is 4.06. The van der Waals surface area contributed by atoms with E-state index < -0.39 is 0 Å². The molecule has 1 N–H and O–H groups in total. The molecule has 4 nitrogen and oxygen atoms in total. The summed E-state index contributed by atoms with van der Waals surface area (Å²) >= 11 is 1.90. The zero-order valence-corrected chi connectivity index (χ0v) is 12.4. The first kappa shape index (κ1) is 13.0. The van der Waals surface area contributed by atoms with Crippen molar-refractivity contribution in [3.8, 4) is 0 Å². The Morgan fingerprint density at radius 2 is 2.26 bits per heavy atom. The maximum Gasteiger partial charge on any atom is 0.157 e. The van der Waals surface area contributed by atoms with Gasteiger partial charge in [0, 0.05) is 37.5 Å². The zero-order valence-electron chi connectivity index (χ0n) is 11.6. The van der Waals surface area contributed by atoms with E-state index in [-0.39, 0.29) is 0 Å². The first-order chi connectivity index (χ1) is 9.26. The molecule has 2 fully saturated rings. The number of hydrogen-bond acceptors (Lipinski definition) is 3. The van der Waals surface area contributed by atoms with Crippen LogP contribution >= 0.6 is 11.8 Å². The minimum absolute atomic E-state index is 0.368. The van der Waals surface area contributed by atoms with Gasteiger partial charge in [-0.2, -0.15) is 5.10 Å². The van der Waals surface area contributed by atoms with E-state index in [2.05, 4.69) is 16.5 Å². The van der Waals surface area contributed by atoms with E-state index in [0.29, 0.717) is 5.54 Å². The molecule has 3 rings (SSSR count). The molecule has 2 heterocycles. The fourth-order valence-electron chi connectivity index (χ4n) is 2.96. The predicted octanol–water partition coefficient (Wildman–Crippen LogP) is 2.36. The van der Waals surface area contributed by atoms with Gasteiger partial charge in [-0.1, -0.05) is 31.0 Å². The van der Waals surface area contributed by atoms with Gasteiger partial charge in [-0.15, -0.1) is 0 Å². The standard InChI is InChI=1S/C14H22N4S/c1-18-10-6-12(17-18)5-9-15-13-16-14(11-19-13)7-3-2-4-8-14/h6,10H,2-5,7-9,11H2,1H3,(H,15,16). The maximum atomic E-state index is 4.70. The van der Waals surface area contributed by atoms with Gasteiger partial charge in [0.15, 0.2) is 5.17 Å². The third kappa shape index (κ3) is 3.14. The first-order valence-electron chi connectivity index (χ1n) is 7.20. The van der Waals surface area contributed by atoms with Crippen LogP contribution in [-0.4, -0.2) is 32.8 Å². The maximum absolute atomic E-state index is 4.70. The van der Waals surface area contributed by atoms with Crippen LogP contribution in [0.2, 0.25) is 0 Å². The van der Waals surface area contributed by atoms with E-state index in [4.69, 9.17) is 4.99 Å². The zero-order chi connectivity index (χ0) is 13.1. The number of hydrogen-bond donors (Lipinski definition) is 1. The molecular formula is C14H22N4S. The second-order valence-electron chi connectivity index (χ2n) is 5.67. The monoisotopic (exact) mass is 278 g/mol. The summed E-state index contributed by atoms with van der Waals surface area (Å²) in [7, 11) is 1.95. The highest BCUT2D eigenvalue weighted by atomic mass is 32.2. The number of aliphatic imine (C=N–C) groups is 1. The second-order valence-corrected chi connectivity index (χ2v) is 6.64. The average Bonchev–Trinajstić information content (AvgIpc) is 2.99. The van der Waals surface area contributed by atoms with Crippen molar-refractivity contribution in [2.24, 2.45) is 12.0 Å². The number of amidine groups is 1. The summed E-state index contributed by atoms with van der Waals surface area (Å²) in [5.74, 6) is 1.20. The SMILES string of the molecule is Cn1ccc(CCN=C2NC3(CCCCC3)CS2)n1. The summed E-state index contributed by atoms with van der Waals surface area (Å²) in [6.45, 7) is 0.836. The molecule has 0 radical (unpaired) electrons. The van der Waals surface area contributed by atoms with Crippen molar-refractivity contribution in [3.05, 3.63) is 18.0 Å². The van der Waals surface area contributed by atoms with Gasteiger partial charge in [-0.25, -0.2) is 0 Å². The predicted molar refractivity (Wildman–Crippen MR) is 80.6 cm³/mol. The molecule has 1 aromatic heterocycles. The Hall–Kier alpha value is -0.970. The van der Waals surface area contributed by atoms with Gasteiger partial charge in [-0.05, 0) is 18.9 Å². The van der Waals surface area contributed by atoms with E-state index in [9.17, 15) is 0 Å². The quantitative estimate of drug-likeness (QED) is 0.923. The molecule has 1 aliphatic carbocycles. The van der Waals surface area contributed by atoms with Crippen LogP contribution in [0.1, 0.15) is 37.8 Å². The van der Waals surface area contributed by atoms with Gasteiger partial charge < -0.3 is 5.32 Å². The van der Waals surface area contributed by atoms with Crippen LogP contribution in [0.15, 0.2) is 17.3 Å². The van der Waals surface area contributed by atoms with Crippen molar-refractivity contribution in [2.75, 3.05) is 12.3 Å². The lowest BCUT2D eigenvalue weighted by molar-refractivity contribution is 0.303. The van der Waals surface area contributed by atoms with Crippen molar-refractivity contribution >= 4 is 16.9 Å². The van der Waals surface area contributed by atoms with Crippen molar-refractivity contribution in [1.29, 1.82) is 0 Å². The Morgan fingerprint density at radius 1 is 1.42 bits per heavy atom. The molecule has 1 saturated heterocycles. The Bertz CT molecular complexity index is 460. The first-order valence-corrected chi connectivity index (χ1v) is 8.18. The highest BCUT2D eigenvalue weighted by Gasteiger charge is 2.37. The van der Waals surface area contributed by atoms with E-state index in [1.54, 1.807) is 0 Å². The number of aromatic nitrogens is 2. The van der Waals surface area contributed by atoms with Crippen LogP contribution in [0.3, 0.4) is 0 Å². The highest BCUT2D eigenvalue weighted by molar-refractivity contribution is 8.14. The summed E-state index contributed by atoms with van der Waals surface area (Å²) < 4.78 is 1.85. The van der Waals surface area contributed by atoms with Crippen molar-refractivity contribution in [1.82, 2.24) is 15.1 Å². The van der Waals surface area contributed by atoms with Crippen LogP contribution in [0.25, 0.3) is 0 Å². The van der Waals surface area contributed by atoms with Gasteiger partial charge in [0.05, 0.1) is 5.69 Å². The van der Waals surface area contributed by atoms with E-state index in [1.165, 1.54) is 37.9 Å². The molecule has 0 amide bonds. The minimum Gasteiger partial charge on any atom is -0.359 e.